The van der Waals surface area contributed by atoms with Crippen molar-refractivity contribution in [2.24, 2.45) is 0 Å². The fourth-order valence-electron chi connectivity index (χ4n) is 2.90. The van der Waals surface area contributed by atoms with Gasteiger partial charge in [-0.25, -0.2) is 4.31 Å². The molecule has 0 aliphatic heterocycles. The molecule has 8 heteroatoms. The number of carbonyl (C=O) groups excluding carboxylic acids is 1. The maximum atomic E-state index is 12.6. The van der Waals surface area contributed by atoms with Crippen molar-refractivity contribution in [3.05, 3.63) is 72.8 Å². The summed E-state index contributed by atoms with van der Waals surface area (Å²) in [5, 5.41) is 4.91. The summed E-state index contributed by atoms with van der Waals surface area (Å²) in [7, 11) is -0.945. The number of hydrogen-bond acceptors (Lipinski definition) is 4. The van der Waals surface area contributed by atoms with Crippen LogP contribution in [0.1, 0.15) is 0 Å². The van der Waals surface area contributed by atoms with E-state index in [2.05, 4.69) is 5.32 Å². The molecule has 0 aromatic heterocycles. The van der Waals surface area contributed by atoms with E-state index in [0.29, 0.717) is 11.4 Å². The van der Waals surface area contributed by atoms with Crippen molar-refractivity contribution in [1.29, 1.82) is 0 Å². The van der Waals surface area contributed by atoms with Crippen molar-refractivity contribution < 1.29 is 17.9 Å². The predicted octanol–water partition coefficient (Wildman–Crippen LogP) is 2.65. The molecule has 0 radical (unpaired) electrons. The highest BCUT2D eigenvalue weighted by Crippen LogP contribution is 2.20. The van der Waals surface area contributed by atoms with Crippen molar-refractivity contribution in [3.63, 3.8) is 0 Å². The summed E-state index contributed by atoms with van der Waals surface area (Å²) in [4.78, 5) is 12.4. The van der Waals surface area contributed by atoms with Crippen molar-refractivity contribution >= 4 is 32.6 Å². The van der Waals surface area contributed by atoms with Crippen LogP contribution in [0.3, 0.4) is 0 Å². The summed E-state index contributed by atoms with van der Waals surface area (Å²) >= 11 is 0. The van der Waals surface area contributed by atoms with Crippen LogP contribution in [0.4, 0.5) is 5.69 Å². The van der Waals surface area contributed by atoms with E-state index in [1.807, 2.05) is 42.5 Å². The van der Waals surface area contributed by atoms with E-state index in [0.717, 1.165) is 19.4 Å². The SMILES string of the molecule is CN(C)S(=O)(=O)N(CC(=O)NCCOc1ccc2ccccc2c1)c1ccccc1. The number of nitrogens with one attached hydrogen (secondary N) is 1. The number of fused-ring (bicyclic) bond motifs is 1. The number of anilines is 1. The lowest BCUT2D eigenvalue weighted by Crippen LogP contribution is -2.46. The van der Waals surface area contributed by atoms with Crippen molar-refractivity contribution in [2.45, 2.75) is 0 Å². The summed E-state index contributed by atoms with van der Waals surface area (Å²) < 4.78 is 33.1. The van der Waals surface area contributed by atoms with Crippen LogP contribution in [-0.4, -0.2) is 52.4 Å². The highest BCUT2D eigenvalue weighted by Gasteiger charge is 2.26. The van der Waals surface area contributed by atoms with Crippen LogP contribution in [-0.2, 0) is 15.0 Å². The molecule has 0 saturated carbocycles. The maximum Gasteiger partial charge on any atom is 0.304 e. The molecule has 0 atom stereocenters. The molecule has 0 fully saturated rings. The highest BCUT2D eigenvalue weighted by atomic mass is 32.2. The second kappa shape index (κ2) is 9.60. The third-order valence-electron chi connectivity index (χ3n) is 4.49. The van der Waals surface area contributed by atoms with Crippen LogP contribution in [0.25, 0.3) is 10.8 Å². The van der Waals surface area contributed by atoms with Crippen LogP contribution < -0.4 is 14.4 Å². The van der Waals surface area contributed by atoms with Gasteiger partial charge in [0, 0.05) is 14.1 Å². The Morgan fingerprint density at radius 2 is 1.60 bits per heavy atom. The average Bonchev–Trinajstić information content (AvgIpc) is 2.75. The number of nitrogens with zero attached hydrogens (tertiary/aromatic N) is 2. The number of para-hydroxylation sites is 1. The standard InChI is InChI=1S/C22H25N3O4S/c1-24(2)30(27,28)25(20-10-4-3-5-11-20)17-22(26)23-14-15-29-21-13-12-18-8-6-7-9-19(18)16-21/h3-13,16H,14-15,17H2,1-2H3,(H,23,26). The first kappa shape index (κ1) is 21.6. The van der Waals surface area contributed by atoms with E-state index in [1.54, 1.807) is 30.3 Å². The summed E-state index contributed by atoms with van der Waals surface area (Å²) in [5.74, 6) is 0.301. The van der Waals surface area contributed by atoms with Gasteiger partial charge in [0.2, 0.25) is 5.91 Å². The summed E-state index contributed by atoms with van der Waals surface area (Å²) in [6.07, 6.45) is 0. The van der Waals surface area contributed by atoms with Crippen molar-refractivity contribution in [1.82, 2.24) is 9.62 Å². The Labute approximate surface area is 177 Å². The molecular weight excluding hydrogens is 402 g/mol. The minimum Gasteiger partial charge on any atom is -0.492 e. The number of amides is 1. The molecule has 3 rings (SSSR count). The van der Waals surface area contributed by atoms with Gasteiger partial charge in [-0.3, -0.25) is 4.79 Å². The lowest BCUT2D eigenvalue weighted by molar-refractivity contribution is -0.119. The molecule has 0 bridgehead atoms. The van der Waals surface area contributed by atoms with Crippen LogP contribution in [0.5, 0.6) is 5.75 Å². The first-order valence-corrected chi connectivity index (χ1v) is 10.9. The number of carbonyl (C=O) groups is 1. The fourth-order valence-corrected chi connectivity index (χ4v) is 3.96. The first-order chi connectivity index (χ1) is 14.4. The normalized spacial score (nSPS) is 11.4. The summed E-state index contributed by atoms with van der Waals surface area (Å²) in [5.41, 5.74) is 0.425. The molecule has 1 amide bonds. The maximum absolute atomic E-state index is 12.6. The molecule has 3 aromatic carbocycles. The van der Waals surface area contributed by atoms with Gasteiger partial charge in [0.25, 0.3) is 0 Å². The van der Waals surface area contributed by atoms with Crippen LogP contribution in [0, 0.1) is 0 Å². The molecule has 30 heavy (non-hydrogen) atoms. The molecule has 0 unspecified atom stereocenters. The van der Waals surface area contributed by atoms with Crippen molar-refractivity contribution in [3.8, 4) is 5.75 Å². The summed E-state index contributed by atoms with van der Waals surface area (Å²) in [6, 6.07) is 22.3. The Bertz CT molecular complexity index is 1100. The summed E-state index contributed by atoms with van der Waals surface area (Å²) in [6.45, 7) is 0.215. The van der Waals surface area contributed by atoms with Crippen molar-refractivity contribution in [2.75, 3.05) is 38.1 Å². The molecule has 3 aromatic rings. The van der Waals surface area contributed by atoms with Gasteiger partial charge < -0.3 is 10.1 Å². The van der Waals surface area contributed by atoms with E-state index < -0.39 is 16.1 Å². The fraction of sp³-hybridized carbons (Fsp3) is 0.227. The molecule has 0 spiro atoms. The smallest absolute Gasteiger partial charge is 0.304 e. The van der Waals surface area contributed by atoms with Gasteiger partial charge in [0.15, 0.2) is 0 Å². The molecule has 0 aliphatic carbocycles. The monoisotopic (exact) mass is 427 g/mol. The number of hydrogen-bond donors (Lipinski definition) is 1. The second-order valence-electron chi connectivity index (χ2n) is 6.84. The molecular formula is C22H25N3O4S. The van der Waals surface area contributed by atoms with Gasteiger partial charge in [0.1, 0.15) is 18.9 Å². The Morgan fingerprint density at radius 3 is 2.30 bits per heavy atom. The van der Waals surface area contributed by atoms with Crippen LogP contribution >= 0.6 is 0 Å². The van der Waals surface area contributed by atoms with Gasteiger partial charge >= 0.3 is 10.2 Å². The second-order valence-corrected chi connectivity index (χ2v) is 8.91. The molecule has 0 heterocycles. The molecule has 1 N–H and O–H groups in total. The zero-order valence-electron chi connectivity index (χ0n) is 17.0. The number of rotatable bonds is 9. The van der Waals surface area contributed by atoms with Gasteiger partial charge in [-0.2, -0.15) is 12.7 Å². The number of ether oxygens (including phenoxy) is 1. The van der Waals surface area contributed by atoms with E-state index in [-0.39, 0.29) is 19.7 Å². The molecule has 158 valence electrons. The highest BCUT2D eigenvalue weighted by molar-refractivity contribution is 7.90. The zero-order chi connectivity index (χ0) is 21.6. The largest absolute Gasteiger partial charge is 0.492 e. The topological polar surface area (TPSA) is 79.0 Å². The van der Waals surface area contributed by atoms with E-state index >= 15 is 0 Å². The van der Waals surface area contributed by atoms with Crippen LogP contribution in [0.2, 0.25) is 0 Å². The minimum atomic E-state index is -3.81. The van der Waals surface area contributed by atoms with E-state index in [9.17, 15) is 13.2 Å². The molecule has 0 aliphatic rings. The van der Waals surface area contributed by atoms with E-state index in [1.165, 1.54) is 14.1 Å². The van der Waals surface area contributed by atoms with Crippen LogP contribution in [0.15, 0.2) is 72.8 Å². The lowest BCUT2D eigenvalue weighted by atomic mass is 10.1. The molecule has 0 saturated heterocycles. The third kappa shape index (κ3) is 5.28. The number of benzene rings is 3. The zero-order valence-corrected chi connectivity index (χ0v) is 17.8. The van der Waals surface area contributed by atoms with Gasteiger partial charge in [-0.15, -0.1) is 0 Å². The third-order valence-corrected chi connectivity index (χ3v) is 6.31. The average molecular weight is 428 g/mol. The Morgan fingerprint density at radius 1 is 0.933 bits per heavy atom. The minimum absolute atomic E-state index is 0.260. The lowest BCUT2D eigenvalue weighted by Gasteiger charge is -2.26. The quantitative estimate of drug-likeness (QED) is 0.533. The Balaban J connectivity index is 1.56. The Hall–Kier alpha value is -3.10. The van der Waals surface area contributed by atoms with Gasteiger partial charge in [-0.05, 0) is 35.0 Å². The first-order valence-electron chi connectivity index (χ1n) is 9.51. The van der Waals surface area contributed by atoms with E-state index in [4.69, 9.17) is 4.74 Å². The Kier molecular flexibility index (Phi) is 6.91. The predicted molar refractivity (Wildman–Crippen MR) is 119 cm³/mol. The molecule has 7 nitrogen and oxygen atoms in total. The van der Waals surface area contributed by atoms with Gasteiger partial charge in [0.05, 0.1) is 12.2 Å². The van der Waals surface area contributed by atoms with Gasteiger partial charge in [-0.1, -0.05) is 48.5 Å².